The van der Waals surface area contributed by atoms with Gasteiger partial charge < -0.3 is 9.84 Å². The fraction of sp³-hybridized carbons (Fsp3) is 0.400. The number of pyridine rings is 1. The molecule has 0 aromatic carbocycles. The summed E-state index contributed by atoms with van der Waals surface area (Å²) in [6, 6.07) is 1.08. The first-order valence-corrected chi connectivity index (χ1v) is 5.15. The summed E-state index contributed by atoms with van der Waals surface area (Å²) in [6.07, 6.45) is -3.19. The number of hydrogen-bond donors (Lipinski definition) is 1. The van der Waals surface area contributed by atoms with Gasteiger partial charge in [-0.05, 0) is 11.6 Å². The number of hydrogen-bond acceptors (Lipinski definition) is 4. The molecule has 0 fully saturated rings. The average Bonchev–Trinajstić information content (AvgIpc) is 2.30. The zero-order valence-corrected chi connectivity index (χ0v) is 9.67. The lowest BCUT2D eigenvalue weighted by Crippen LogP contribution is -2.10. The summed E-state index contributed by atoms with van der Waals surface area (Å²) in [4.78, 5) is 14.6. The summed E-state index contributed by atoms with van der Waals surface area (Å²) in [5.41, 5.74) is -0.364. The predicted octanol–water partition coefficient (Wildman–Crippen LogP) is 2.18. The fourth-order valence-corrected chi connectivity index (χ4v) is 1.47. The summed E-state index contributed by atoms with van der Waals surface area (Å²) in [6.45, 7) is 0. The minimum atomic E-state index is -2.92. The third-order valence-corrected chi connectivity index (χ3v) is 2.38. The summed E-state index contributed by atoms with van der Waals surface area (Å²) >= 11 is 5.57. The van der Waals surface area contributed by atoms with Gasteiger partial charge in [-0.2, -0.15) is 0 Å². The van der Waals surface area contributed by atoms with Crippen molar-refractivity contribution in [2.45, 2.75) is 18.7 Å². The van der Waals surface area contributed by atoms with Gasteiger partial charge >= 0.3 is 5.97 Å². The van der Waals surface area contributed by atoms with Crippen molar-refractivity contribution >= 4 is 17.6 Å². The number of ether oxygens (including phenoxy) is 1. The number of carbonyl (C=O) groups is 1. The molecule has 0 aliphatic heterocycles. The highest BCUT2D eigenvalue weighted by Gasteiger charge is 2.19. The van der Waals surface area contributed by atoms with Crippen molar-refractivity contribution in [2.75, 3.05) is 7.11 Å². The van der Waals surface area contributed by atoms with Crippen LogP contribution in [0.2, 0.25) is 0 Å². The smallest absolute Gasteiger partial charge is 0.311 e. The molecule has 0 saturated carbocycles. The molecule has 0 aliphatic rings. The molecule has 1 aromatic heterocycles. The van der Waals surface area contributed by atoms with Gasteiger partial charge in [-0.1, -0.05) is 0 Å². The van der Waals surface area contributed by atoms with E-state index in [1.807, 2.05) is 0 Å². The van der Waals surface area contributed by atoms with Crippen LogP contribution >= 0.6 is 11.6 Å². The quantitative estimate of drug-likeness (QED) is 0.670. The topological polar surface area (TPSA) is 59.4 Å². The van der Waals surface area contributed by atoms with Gasteiger partial charge in [0.2, 0.25) is 0 Å². The van der Waals surface area contributed by atoms with E-state index in [0.717, 1.165) is 6.07 Å². The van der Waals surface area contributed by atoms with Crippen LogP contribution in [0, 0.1) is 0 Å². The molecular formula is C10H10ClF2NO3. The third kappa shape index (κ3) is 3.26. The van der Waals surface area contributed by atoms with E-state index in [1.54, 1.807) is 0 Å². The molecule has 94 valence electrons. The maximum atomic E-state index is 12.5. The molecule has 1 rings (SSSR count). The van der Waals surface area contributed by atoms with Gasteiger partial charge in [0.25, 0.3) is 6.43 Å². The number of alkyl halides is 3. The van der Waals surface area contributed by atoms with E-state index in [4.69, 9.17) is 11.6 Å². The Labute approximate surface area is 101 Å². The van der Waals surface area contributed by atoms with Crippen LogP contribution in [0.1, 0.15) is 23.4 Å². The first-order chi connectivity index (χ1) is 7.99. The van der Waals surface area contributed by atoms with Gasteiger partial charge in [0.1, 0.15) is 11.4 Å². The van der Waals surface area contributed by atoms with Crippen molar-refractivity contribution in [3.8, 4) is 5.75 Å². The second kappa shape index (κ2) is 5.77. The lowest BCUT2D eigenvalue weighted by atomic mass is 10.1. The van der Waals surface area contributed by atoms with Gasteiger partial charge in [-0.3, -0.25) is 4.79 Å². The first-order valence-electron chi connectivity index (χ1n) is 4.62. The van der Waals surface area contributed by atoms with Crippen molar-refractivity contribution < 1.29 is 23.4 Å². The summed E-state index contributed by atoms with van der Waals surface area (Å²) < 4.78 is 29.4. The summed E-state index contributed by atoms with van der Waals surface area (Å²) in [5, 5.41) is 9.29. The van der Waals surface area contributed by atoms with Gasteiger partial charge in [-0.15, -0.1) is 11.6 Å². The number of aromatic hydroxyl groups is 1. The van der Waals surface area contributed by atoms with Crippen LogP contribution in [0.5, 0.6) is 5.75 Å². The van der Waals surface area contributed by atoms with E-state index in [2.05, 4.69) is 9.72 Å². The predicted molar refractivity (Wildman–Crippen MR) is 56.1 cm³/mol. The summed E-state index contributed by atoms with van der Waals surface area (Å²) in [5.74, 6) is -1.30. The highest BCUT2D eigenvalue weighted by molar-refractivity contribution is 6.17. The lowest BCUT2D eigenvalue weighted by molar-refractivity contribution is -0.139. The monoisotopic (exact) mass is 265 g/mol. The van der Waals surface area contributed by atoms with Crippen molar-refractivity contribution in [1.82, 2.24) is 4.98 Å². The van der Waals surface area contributed by atoms with Crippen LogP contribution in [0.3, 0.4) is 0 Å². The van der Waals surface area contributed by atoms with Crippen molar-refractivity contribution in [3.05, 3.63) is 23.0 Å². The van der Waals surface area contributed by atoms with E-state index >= 15 is 0 Å². The molecule has 0 spiro atoms. The lowest BCUT2D eigenvalue weighted by Gasteiger charge is -2.09. The molecule has 1 aromatic rings. The number of halogens is 3. The molecule has 0 radical (unpaired) electrons. The number of methoxy groups -OCH3 is 1. The second-order valence-electron chi connectivity index (χ2n) is 3.19. The van der Waals surface area contributed by atoms with Gasteiger partial charge in [0.15, 0.2) is 0 Å². The minimum absolute atomic E-state index is 0.0452. The Morgan fingerprint density at radius 2 is 2.29 bits per heavy atom. The second-order valence-corrected chi connectivity index (χ2v) is 3.45. The highest BCUT2D eigenvalue weighted by Crippen LogP contribution is 2.29. The Balaban J connectivity index is 3.16. The number of aromatic nitrogens is 1. The molecule has 0 saturated heterocycles. The van der Waals surface area contributed by atoms with Crippen LogP contribution < -0.4 is 0 Å². The van der Waals surface area contributed by atoms with E-state index in [-0.39, 0.29) is 18.0 Å². The van der Waals surface area contributed by atoms with Crippen molar-refractivity contribution in [3.63, 3.8) is 0 Å². The Kier molecular flexibility index (Phi) is 4.62. The van der Waals surface area contributed by atoms with Gasteiger partial charge in [0, 0.05) is 5.88 Å². The molecule has 0 bridgehead atoms. The number of esters is 1. The molecule has 4 nitrogen and oxygen atoms in total. The summed E-state index contributed by atoms with van der Waals surface area (Å²) in [7, 11) is 1.18. The number of rotatable bonds is 4. The first kappa shape index (κ1) is 13.6. The Bertz CT molecular complexity index is 426. The van der Waals surface area contributed by atoms with Crippen LogP contribution in [0.25, 0.3) is 0 Å². The Morgan fingerprint density at radius 3 is 2.76 bits per heavy atom. The third-order valence-electron chi connectivity index (χ3n) is 2.09. The highest BCUT2D eigenvalue weighted by atomic mass is 35.5. The molecule has 1 N–H and O–H groups in total. The maximum Gasteiger partial charge on any atom is 0.311 e. The van der Waals surface area contributed by atoms with Crippen LogP contribution in [0.4, 0.5) is 8.78 Å². The van der Waals surface area contributed by atoms with Crippen molar-refractivity contribution in [1.29, 1.82) is 0 Å². The standard InChI is InChI=1S/C10H10ClF2NO3/c1-17-8(16)3-6-5(4-11)2-7(15)9(14-6)10(12)13/h2,10,15H,3-4H2,1H3. The Morgan fingerprint density at radius 1 is 1.65 bits per heavy atom. The molecule has 0 amide bonds. The van der Waals surface area contributed by atoms with Crippen LogP contribution in [0.15, 0.2) is 6.07 Å². The largest absolute Gasteiger partial charge is 0.506 e. The van der Waals surface area contributed by atoms with Crippen LogP contribution in [-0.2, 0) is 21.8 Å². The normalized spacial score (nSPS) is 10.6. The molecule has 1 heterocycles. The zero-order chi connectivity index (χ0) is 13.0. The van der Waals surface area contributed by atoms with Gasteiger partial charge in [-0.25, -0.2) is 13.8 Å². The minimum Gasteiger partial charge on any atom is -0.506 e. The van der Waals surface area contributed by atoms with Crippen LogP contribution in [-0.4, -0.2) is 23.2 Å². The van der Waals surface area contributed by atoms with Crippen molar-refractivity contribution in [2.24, 2.45) is 0 Å². The van der Waals surface area contributed by atoms with E-state index in [9.17, 15) is 18.7 Å². The molecule has 0 unspecified atom stereocenters. The molecule has 0 atom stereocenters. The van der Waals surface area contributed by atoms with E-state index < -0.39 is 23.8 Å². The Hall–Kier alpha value is -1.43. The van der Waals surface area contributed by atoms with E-state index in [0.29, 0.717) is 5.56 Å². The molecular weight excluding hydrogens is 256 g/mol. The molecule has 17 heavy (non-hydrogen) atoms. The number of nitrogens with zero attached hydrogens (tertiary/aromatic N) is 1. The zero-order valence-electron chi connectivity index (χ0n) is 8.91. The molecule has 0 aliphatic carbocycles. The maximum absolute atomic E-state index is 12.5. The molecule has 7 heteroatoms. The average molecular weight is 266 g/mol. The fourth-order valence-electron chi connectivity index (χ4n) is 1.23. The van der Waals surface area contributed by atoms with Gasteiger partial charge in [0.05, 0.1) is 19.2 Å². The number of carbonyl (C=O) groups excluding carboxylic acids is 1. The van der Waals surface area contributed by atoms with E-state index in [1.165, 1.54) is 7.11 Å². The SMILES string of the molecule is COC(=O)Cc1nc(C(F)F)c(O)cc1CCl.